The molecule has 0 radical (unpaired) electrons. The third-order valence-electron chi connectivity index (χ3n) is 3.02. The Morgan fingerprint density at radius 1 is 1.38 bits per heavy atom. The maximum Gasteiger partial charge on any atom is 0.315 e. The Bertz CT molecular complexity index is 376. The second-order valence-electron chi connectivity index (χ2n) is 4.21. The molecule has 1 aliphatic carbocycles. The van der Waals surface area contributed by atoms with Crippen molar-refractivity contribution in [3.63, 3.8) is 0 Å². The second-order valence-corrected chi connectivity index (χ2v) is 4.21. The first kappa shape index (κ1) is 11.0. The van der Waals surface area contributed by atoms with Crippen molar-refractivity contribution in [1.29, 1.82) is 0 Å². The number of carbonyl (C=O) groups is 1. The molecule has 3 heteroatoms. The standard InChI is InChI=1S/C13H18N2O/c1-2-14-13(16)15-12-8-7-10-5-3-4-6-11(10)9-12/h3-6,12H,2,7-9H2,1H3,(H2,14,15,16). The molecule has 0 saturated heterocycles. The first-order valence-electron chi connectivity index (χ1n) is 5.90. The molecule has 0 aromatic heterocycles. The Balaban J connectivity index is 1.95. The number of benzene rings is 1. The summed E-state index contributed by atoms with van der Waals surface area (Å²) in [6.07, 6.45) is 3.05. The SMILES string of the molecule is CCNC(=O)NC1CCc2ccccc2C1. The molecular weight excluding hydrogens is 200 g/mol. The number of hydrogen-bond donors (Lipinski definition) is 2. The van der Waals surface area contributed by atoms with Crippen LogP contribution in [0.15, 0.2) is 24.3 Å². The summed E-state index contributed by atoms with van der Waals surface area (Å²) in [6.45, 7) is 2.60. The molecule has 0 saturated carbocycles. The van der Waals surface area contributed by atoms with Crippen LogP contribution in [0.5, 0.6) is 0 Å². The molecular formula is C13H18N2O. The molecule has 1 aromatic carbocycles. The molecule has 0 heterocycles. The van der Waals surface area contributed by atoms with Crippen LogP contribution < -0.4 is 10.6 Å². The fraction of sp³-hybridized carbons (Fsp3) is 0.462. The summed E-state index contributed by atoms with van der Waals surface area (Å²) in [7, 11) is 0. The highest BCUT2D eigenvalue weighted by Gasteiger charge is 2.19. The van der Waals surface area contributed by atoms with Gasteiger partial charge < -0.3 is 10.6 Å². The molecule has 2 amide bonds. The van der Waals surface area contributed by atoms with Crippen molar-refractivity contribution in [2.75, 3.05) is 6.54 Å². The van der Waals surface area contributed by atoms with Gasteiger partial charge >= 0.3 is 6.03 Å². The van der Waals surface area contributed by atoms with E-state index in [4.69, 9.17) is 0 Å². The van der Waals surface area contributed by atoms with Gasteiger partial charge in [0.1, 0.15) is 0 Å². The van der Waals surface area contributed by atoms with Crippen molar-refractivity contribution < 1.29 is 4.79 Å². The van der Waals surface area contributed by atoms with Crippen LogP contribution >= 0.6 is 0 Å². The summed E-state index contributed by atoms with van der Waals surface area (Å²) in [5, 5.41) is 5.78. The predicted molar refractivity (Wildman–Crippen MR) is 64.5 cm³/mol. The molecule has 2 rings (SSSR count). The van der Waals surface area contributed by atoms with E-state index in [1.807, 2.05) is 6.92 Å². The first-order chi connectivity index (χ1) is 7.79. The molecule has 1 aliphatic rings. The highest BCUT2D eigenvalue weighted by atomic mass is 16.2. The van der Waals surface area contributed by atoms with Gasteiger partial charge in [-0.3, -0.25) is 0 Å². The molecule has 3 nitrogen and oxygen atoms in total. The minimum atomic E-state index is -0.0492. The van der Waals surface area contributed by atoms with E-state index < -0.39 is 0 Å². The lowest BCUT2D eigenvalue weighted by molar-refractivity contribution is 0.236. The van der Waals surface area contributed by atoms with Crippen molar-refractivity contribution in [3.05, 3.63) is 35.4 Å². The lowest BCUT2D eigenvalue weighted by Gasteiger charge is -2.25. The van der Waals surface area contributed by atoms with Gasteiger partial charge in [0.15, 0.2) is 0 Å². The van der Waals surface area contributed by atoms with Gasteiger partial charge in [-0.15, -0.1) is 0 Å². The summed E-state index contributed by atoms with van der Waals surface area (Å²) < 4.78 is 0. The molecule has 1 aromatic rings. The third-order valence-corrected chi connectivity index (χ3v) is 3.02. The first-order valence-corrected chi connectivity index (χ1v) is 5.90. The van der Waals surface area contributed by atoms with Gasteiger partial charge in [0.2, 0.25) is 0 Å². The van der Waals surface area contributed by atoms with Crippen LogP contribution in [0, 0.1) is 0 Å². The van der Waals surface area contributed by atoms with Crippen LogP contribution in [0.25, 0.3) is 0 Å². The zero-order valence-electron chi connectivity index (χ0n) is 9.62. The highest BCUT2D eigenvalue weighted by Crippen LogP contribution is 2.20. The minimum Gasteiger partial charge on any atom is -0.338 e. The van der Waals surface area contributed by atoms with Gasteiger partial charge in [-0.1, -0.05) is 24.3 Å². The number of carbonyl (C=O) groups excluding carboxylic acids is 1. The zero-order valence-corrected chi connectivity index (χ0v) is 9.62. The molecule has 0 fully saturated rings. The molecule has 0 aliphatic heterocycles. The van der Waals surface area contributed by atoms with Crippen molar-refractivity contribution >= 4 is 6.03 Å². The average Bonchev–Trinajstić information content (AvgIpc) is 2.29. The topological polar surface area (TPSA) is 41.1 Å². The largest absolute Gasteiger partial charge is 0.338 e. The van der Waals surface area contributed by atoms with Crippen molar-refractivity contribution in [3.8, 4) is 0 Å². The molecule has 1 unspecified atom stereocenters. The highest BCUT2D eigenvalue weighted by molar-refractivity contribution is 5.74. The maximum atomic E-state index is 11.4. The second kappa shape index (κ2) is 5.01. The number of rotatable bonds is 2. The average molecular weight is 218 g/mol. The van der Waals surface area contributed by atoms with E-state index in [0.29, 0.717) is 6.54 Å². The monoisotopic (exact) mass is 218 g/mol. The summed E-state index contributed by atoms with van der Waals surface area (Å²) in [6, 6.07) is 8.70. The van der Waals surface area contributed by atoms with Crippen molar-refractivity contribution in [1.82, 2.24) is 10.6 Å². The Kier molecular flexibility index (Phi) is 3.44. The number of amides is 2. The maximum absolute atomic E-state index is 11.4. The van der Waals surface area contributed by atoms with Gasteiger partial charge in [0, 0.05) is 12.6 Å². The smallest absolute Gasteiger partial charge is 0.315 e. The number of hydrogen-bond acceptors (Lipinski definition) is 1. The lowest BCUT2D eigenvalue weighted by Crippen LogP contribution is -2.44. The normalized spacial score (nSPS) is 18.7. The summed E-state index contributed by atoms with van der Waals surface area (Å²) >= 11 is 0. The van der Waals surface area contributed by atoms with Crippen molar-refractivity contribution in [2.24, 2.45) is 0 Å². The predicted octanol–water partition coefficient (Wildman–Crippen LogP) is 1.86. The Morgan fingerprint density at radius 2 is 2.12 bits per heavy atom. The third kappa shape index (κ3) is 2.54. The number of nitrogens with one attached hydrogen (secondary N) is 2. The fourth-order valence-electron chi connectivity index (χ4n) is 2.22. The van der Waals surface area contributed by atoms with Gasteiger partial charge in [-0.05, 0) is 37.3 Å². The van der Waals surface area contributed by atoms with Gasteiger partial charge in [-0.25, -0.2) is 4.79 Å². The van der Waals surface area contributed by atoms with E-state index in [9.17, 15) is 4.79 Å². The Hall–Kier alpha value is -1.51. The molecule has 1 atom stereocenters. The minimum absolute atomic E-state index is 0.0492. The van der Waals surface area contributed by atoms with Gasteiger partial charge in [0.05, 0.1) is 0 Å². The van der Waals surface area contributed by atoms with Crippen LogP contribution in [-0.2, 0) is 12.8 Å². The summed E-state index contributed by atoms with van der Waals surface area (Å²) in [5.41, 5.74) is 2.80. The van der Waals surface area contributed by atoms with Crippen LogP contribution in [0.4, 0.5) is 4.79 Å². The number of aryl methyl sites for hydroxylation is 1. The lowest BCUT2D eigenvalue weighted by atomic mass is 9.88. The van der Waals surface area contributed by atoms with E-state index in [0.717, 1.165) is 19.3 Å². The van der Waals surface area contributed by atoms with Crippen LogP contribution in [0.1, 0.15) is 24.5 Å². The van der Waals surface area contributed by atoms with E-state index >= 15 is 0 Å². The van der Waals surface area contributed by atoms with Crippen LogP contribution in [0.3, 0.4) is 0 Å². The van der Waals surface area contributed by atoms with Crippen LogP contribution in [-0.4, -0.2) is 18.6 Å². The zero-order chi connectivity index (χ0) is 11.4. The van der Waals surface area contributed by atoms with E-state index in [-0.39, 0.29) is 12.1 Å². The van der Waals surface area contributed by atoms with Crippen LogP contribution in [0.2, 0.25) is 0 Å². The fourth-order valence-corrected chi connectivity index (χ4v) is 2.22. The Morgan fingerprint density at radius 3 is 2.88 bits per heavy atom. The molecule has 0 bridgehead atoms. The van der Waals surface area contributed by atoms with E-state index in [2.05, 4.69) is 34.9 Å². The number of fused-ring (bicyclic) bond motifs is 1. The molecule has 2 N–H and O–H groups in total. The van der Waals surface area contributed by atoms with Crippen molar-refractivity contribution in [2.45, 2.75) is 32.2 Å². The molecule has 86 valence electrons. The Labute approximate surface area is 96.2 Å². The molecule has 0 spiro atoms. The summed E-state index contributed by atoms with van der Waals surface area (Å²) in [5.74, 6) is 0. The quantitative estimate of drug-likeness (QED) is 0.781. The summed E-state index contributed by atoms with van der Waals surface area (Å²) in [4.78, 5) is 11.4. The van der Waals surface area contributed by atoms with E-state index in [1.165, 1.54) is 11.1 Å². The van der Waals surface area contributed by atoms with Gasteiger partial charge in [-0.2, -0.15) is 0 Å². The van der Waals surface area contributed by atoms with Gasteiger partial charge in [0.25, 0.3) is 0 Å². The number of urea groups is 1. The van der Waals surface area contributed by atoms with E-state index in [1.54, 1.807) is 0 Å². The molecule has 16 heavy (non-hydrogen) atoms.